The van der Waals surface area contributed by atoms with Crippen LogP contribution in [0.3, 0.4) is 0 Å². The lowest BCUT2D eigenvalue weighted by atomic mass is 9.97. The van der Waals surface area contributed by atoms with Crippen LogP contribution in [0, 0.1) is 0 Å². The summed E-state index contributed by atoms with van der Waals surface area (Å²) in [5, 5.41) is 0. The van der Waals surface area contributed by atoms with E-state index in [2.05, 4.69) is 13.5 Å². The minimum absolute atomic E-state index is 0.888. The zero-order valence-electron chi connectivity index (χ0n) is 6.35. The second kappa shape index (κ2) is 2.74. The number of hydrogen-bond acceptors (Lipinski definition) is 1. The molecule has 0 saturated carbocycles. The van der Waals surface area contributed by atoms with E-state index in [9.17, 15) is 0 Å². The average Bonchev–Trinajstić information content (AvgIpc) is 1.88. The van der Waals surface area contributed by atoms with Crippen LogP contribution in [0.25, 0.3) is 0 Å². The van der Waals surface area contributed by atoms with Gasteiger partial charge in [-0.2, -0.15) is 0 Å². The summed E-state index contributed by atoms with van der Waals surface area (Å²) in [6, 6.07) is 0. The molecule has 10 heavy (non-hydrogen) atoms. The van der Waals surface area contributed by atoms with E-state index < -0.39 is 0 Å². The molecule has 0 bridgehead atoms. The van der Waals surface area contributed by atoms with Crippen LogP contribution in [0.4, 0.5) is 0 Å². The highest BCUT2D eigenvalue weighted by Crippen LogP contribution is 2.20. The first-order chi connectivity index (χ1) is 4.74. The number of hydrogen-bond donors (Lipinski definition) is 1. The van der Waals surface area contributed by atoms with Gasteiger partial charge in [-0.05, 0) is 31.4 Å². The second-order valence-electron chi connectivity index (χ2n) is 2.68. The molecule has 0 heterocycles. The van der Waals surface area contributed by atoms with Gasteiger partial charge < -0.3 is 5.73 Å². The molecule has 1 nitrogen and oxygen atoms in total. The van der Waals surface area contributed by atoms with Crippen LogP contribution in [-0.4, -0.2) is 0 Å². The molecule has 0 atom stereocenters. The number of nitrogens with two attached hydrogens (primary N) is 1. The zero-order chi connectivity index (χ0) is 7.56. The van der Waals surface area contributed by atoms with Gasteiger partial charge in [-0.1, -0.05) is 18.2 Å². The molecule has 0 aromatic heterocycles. The predicted molar refractivity (Wildman–Crippen MR) is 44.4 cm³/mol. The first-order valence-electron chi connectivity index (χ1n) is 3.52. The Kier molecular flexibility index (Phi) is 1.95. The van der Waals surface area contributed by atoms with Crippen molar-refractivity contribution >= 4 is 0 Å². The molecule has 2 N–H and O–H groups in total. The van der Waals surface area contributed by atoms with Crippen molar-refractivity contribution in [2.75, 3.05) is 0 Å². The van der Waals surface area contributed by atoms with Gasteiger partial charge in [-0.25, -0.2) is 0 Å². The molecule has 0 amide bonds. The van der Waals surface area contributed by atoms with E-state index in [1.807, 2.05) is 12.2 Å². The summed E-state index contributed by atoms with van der Waals surface area (Å²) in [4.78, 5) is 0. The van der Waals surface area contributed by atoms with Crippen molar-refractivity contribution in [3.8, 4) is 0 Å². The lowest BCUT2D eigenvalue weighted by Crippen LogP contribution is -2.03. The minimum atomic E-state index is 0.888. The zero-order valence-corrected chi connectivity index (χ0v) is 6.35. The highest BCUT2D eigenvalue weighted by molar-refractivity contribution is 5.35. The van der Waals surface area contributed by atoms with Gasteiger partial charge in [0.1, 0.15) is 0 Å². The van der Waals surface area contributed by atoms with Crippen molar-refractivity contribution in [2.45, 2.75) is 19.8 Å². The van der Waals surface area contributed by atoms with E-state index in [-0.39, 0.29) is 0 Å². The molecule has 54 valence electrons. The third-order valence-electron chi connectivity index (χ3n) is 1.81. The van der Waals surface area contributed by atoms with Crippen molar-refractivity contribution < 1.29 is 0 Å². The van der Waals surface area contributed by atoms with Gasteiger partial charge >= 0.3 is 0 Å². The highest BCUT2D eigenvalue weighted by Gasteiger charge is 2.04. The van der Waals surface area contributed by atoms with Crippen LogP contribution in [0.5, 0.6) is 0 Å². The summed E-state index contributed by atoms with van der Waals surface area (Å²) >= 11 is 0. The topological polar surface area (TPSA) is 26.0 Å². The fourth-order valence-corrected chi connectivity index (χ4v) is 1.13. The Hall–Kier alpha value is -0.980. The number of rotatable bonds is 1. The van der Waals surface area contributed by atoms with E-state index in [0.29, 0.717) is 0 Å². The summed E-state index contributed by atoms with van der Waals surface area (Å²) in [6.07, 6.45) is 6.05. The quantitative estimate of drug-likeness (QED) is 0.585. The largest absolute Gasteiger partial charge is 0.399 e. The molecule has 1 aliphatic rings. The van der Waals surface area contributed by atoms with Crippen LogP contribution >= 0.6 is 0 Å². The standard InChI is InChI=1S/C9H13N/c1-3-8-5-4-7(2)6-9(8)10/h3,6H,1,4-5,10H2,2H3. The highest BCUT2D eigenvalue weighted by atomic mass is 14.6. The summed E-state index contributed by atoms with van der Waals surface area (Å²) in [6.45, 7) is 5.80. The lowest BCUT2D eigenvalue weighted by Gasteiger charge is -2.11. The van der Waals surface area contributed by atoms with Crippen LogP contribution in [-0.2, 0) is 0 Å². The molecule has 1 aliphatic carbocycles. The first kappa shape index (κ1) is 7.13. The summed E-state index contributed by atoms with van der Waals surface area (Å²) in [7, 11) is 0. The average molecular weight is 135 g/mol. The molecule has 0 radical (unpaired) electrons. The van der Waals surface area contributed by atoms with Crippen molar-refractivity contribution in [2.24, 2.45) is 5.73 Å². The molecular weight excluding hydrogens is 122 g/mol. The van der Waals surface area contributed by atoms with Gasteiger partial charge in [0.15, 0.2) is 0 Å². The Labute approximate surface area is 61.9 Å². The molecule has 0 spiro atoms. The predicted octanol–water partition coefficient (Wildman–Crippen LogP) is 2.13. The van der Waals surface area contributed by atoms with Crippen molar-refractivity contribution in [1.29, 1.82) is 0 Å². The smallest absolute Gasteiger partial charge is 0.0345 e. The van der Waals surface area contributed by atoms with Gasteiger partial charge in [0.2, 0.25) is 0 Å². The second-order valence-corrected chi connectivity index (χ2v) is 2.68. The van der Waals surface area contributed by atoms with Crippen molar-refractivity contribution in [1.82, 2.24) is 0 Å². The minimum Gasteiger partial charge on any atom is -0.399 e. The van der Waals surface area contributed by atoms with E-state index in [0.717, 1.165) is 18.5 Å². The Morgan fingerprint density at radius 1 is 1.60 bits per heavy atom. The molecule has 0 fully saturated rings. The Morgan fingerprint density at radius 3 is 2.80 bits per heavy atom. The molecule has 0 aliphatic heterocycles. The molecule has 1 rings (SSSR count). The maximum atomic E-state index is 5.71. The van der Waals surface area contributed by atoms with Gasteiger partial charge in [0.05, 0.1) is 0 Å². The Balaban J connectivity index is 2.90. The molecule has 0 saturated heterocycles. The number of allylic oxidation sites excluding steroid dienone is 4. The Bertz CT molecular complexity index is 209. The lowest BCUT2D eigenvalue weighted by molar-refractivity contribution is 0.905. The van der Waals surface area contributed by atoms with Crippen molar-refractivity contribution in [3.05, 3.63) is 35.6 Å². The summed E-state index contributed by atoms with van der Waals surface area (Å²) < 4.78 is 0. The van der Waals surface area contributed by atoms with Crippen LogP contribution in [0.15, 0.2) is 35.6 Å². The first-order valence-corrected chi connectivity index (χ1v) is 3.52. The summed E-state index contributed by atoms with van der Waals surface area (Å²) in [5.74, 6) is 0. The molecule has 0 aromatic rings. The van der Waals surface area contributed by atoms with E-state index in [1.165, 1.54) is 11.1 Å². The van der Waals surface area contributed by atoms with Gasteiger partial charge in [-0.15, -0.1) is 0 Å². The van der Waals surface area contributed by atoms with E-state index in [1.54, 1.807) is 0 Å². The monoisotopic (exact) mass is 135 g/mol. The van der Waals surface area contributed by atoms with E-state index >= 15 is 0 Å². The molecule has 1 heteroatoms. The summed E-state index contributed by atoms with van der Waals surface area (Å²) in [5.41, 5.74) is 9.15. The van der Waals surface area contributed by atoms with Crippen LogP contribution < -0.4 is 5.73 Å². The van der Waals surface area contributed by atoms with E-state index in [4.69, 9.17) is 5.73 Å². The third-order valence-corrected chi connectivity index (χ3v) is 1.81. The maximum absolute atomic E-state index is 5.71. The van der Waals surface area contributed by atoms with Gasteiger partial charge in [0, 0.05) is 5.70 Å². The molecule has 0 unspecified atom stereocenters. The van der Waals surface area contributed by atoms with Crippen LogP contribution in [0.2, 0.25) is 0 Å². The fraction of sp³-hybridized carbons (Fsp3) is 0.333. The molecule has 0 aromatic carbocycles. The van der Waals surface area contributed by atoms with Gasteiger partial charge in [0.25, 0.3) is 0 Å². The Morgan fingerprint density at radius 2 is 2.30 bits per heavy atom. The van der Waals surface area contributed by atoms with Crippen molar-refractivity contribution in [3.63, 3.8) is 0 Å². The van der Waals surface area contributed by atoms with Gasteiger partial charge in [-0.3, -0.25) is 0 Å². The molecular formula is C9H13N. The van der Waals surface area contributed by atoms with Crippen LogP contribution in [0.1, 0.15) is 19.8 Å². The third kappa shape index (κ3) is 1.29. The normalized spacial score (nSPS) is 18.7. The fourth-order valence-electron chi connectivity index (χ4n) is 1.13. The SMILES string of the molecule is C=CC1=C(N)C=C(C)CC1. The maximum Gasteiger partial charge on any atom is 0.0345 e.